The number of aliphatic carboxylic acids is 1. The van der Waals surface area contributed by atoms with E-state index in [1.807, 2.05) is 36.4 Å². The molecule has 142 valence electrons. The molecule has 1 aromatic carbocycles. The lowest BCUT2D eigenvalue weighted by Crippen LogP contribution is -2.47. The molecule has 2 amide bonds. The highest BCUT2D eigenvalue weighted by Crippen LogP contribution is 2.32. The maximum absolute atomic E-state index is 12.6. The van der Waals surface area contributed by atoms with Crippen molar-refractivity contribution < 1.29 is 19.5 Å². The monoisotopic (exact) mass is 404 g/mol. The first-order valence-corrected chi connectivity index (χ1v) is 9.61. The smallest absolute Gasteiger partial charge is 0.303 e. The van der Waals surface area contributed by atoms with E-state index in [0.717, 1.165) is 17.3 Å². The fraction of sp³-hybridized carbons (Fsp3) is 0.263. The molecule has 6 nitrogen and oxygen atoms in total. The molecule has 1 heterocycles. The van der Waals surface area contributed by atoms with Crippen molar-refractivity contribution in [2.24, 2.45) is 0 Å². The van der Waals surface area contributed by atoms with Gasteiger partial charge in [0.2, 0.25) is 5.91 Å². The molecular formula is C19H20N2O4S2. The molecular weight excluding hydrogens is 384 g/mol. The van der Waals surface area contributed by atoms with Crippen LogP contribution in [0, 0.1) is 0 Å². The predicted molar refractivity (Wildman–Crippen MR) is 110 cm³/mol. The summed E-state index contributed by atoms with van der Waals surface area (Å²) in [5.74, 6) is -1.59. The molecule has 0 aliphatic carbocycles. The number of benzene rings is 1. The van der Waals surface area contributed by atoms with Crippen LogP contribution in [0.2, 0.25) is 0 Å². The first-order valence-electron chi connectivity index (χ1n) is 8.38. The van der Waals surface area contributed by atoms with Crippen molar-refractivity contribution in [2.45, 2.75) is 25.8 Å². The van der Waals surface area contributed by atoms with Crippen LogP contribution in [0.5, 0.6) is 0 Å². The van der Waals surface area contributed by atoms with Crippen LogP contribution in [0.1, 0.15) is 25.3 Å². The number of carboxylic acids is 1. The summed E-state index contributed by atoms with van der Waals surface area (Å²) in [6, 6.07) is 8.92. The molecule has 1 unspecified atom stereocenters. The number of rotatable bonds is 8. The lowest BCUT2D eigenvalue weighted by atomic mass is 10.2. The van der Waals surface area contributed by atoms with Gasteiger partial charge in [-0.3, -0.25) is 19.3 Å². The van der Waals surface area contributed by atoms with Crippen LogP contribution in [0.15, 0.2) is 47.4 Å². The first kappa shape index (κ1) is 20.9. The molecule has 1 aliphatic heterocycles. The number of nitrogens with one attached hydrogen (secondary N) is 1. The van der Waals surface area contributed by atoms with Gasteiger partial charge in [0.25, 0.3) is 5.91 Å². The van der Waals surface area contributed by atoms with Gasteiger partial charge in [-0.15, -0.1) is 0 Å². The van der Waals surface area contributed by atoms with Crippen molar-refractivity contribution in [3.63, 3.8) is 0 Å². The molecule has 1 aromatic rings. The summed E-state index contributed by atoms with van der Waals surface area (Å²) >= 11 is 6.40. The Hall–Kier alpha value is -2.45. The number of thioether (sulfide) groups is 1. The van der Waals surface area contributed by atoms with E-state index in [2.05, 4.69) is 5.32 Å². The SMILES string of the molecule is CC(C(=O)NCCCC(=O)O)N1C(=O)/C(=C/C=C/c2ccccc2)SC1=S. The average Bonchev–Trinajstić information content (AvgIpc) is 2.92. The van der Waals surface area contributed by atoms with E-state index < -0.39 is 12.0 Å². The van der Waals surface area contributed by atoms with Crippen molar-refractivity contribution in [3.05, 3.63) is 53.0 Å². The van der Waals surface area contributed by atoms with Gasteiger partial charge in [0.15, 0.2) is 0 Å². The number of carbonyl (C=O) groups excluding carboxylic acids is 2. The number of hydrogen-bond acceptors (Lipinski definition) is 5. The second-order valence-electron chi connectivity index (χ2n) is 5.81. The van der Waals surface area contributed by atoms with Gasteiger partial charge in [0, 0.05) is 13.0 Å². The minimum absolute atomic E-state index is 0.0216. The fourth-order valence-electron chi connectivity index (χ4n) is 2.35. The summed E-state index contributed by atoms with van der Waals surface area (Å²) in [6.45, 7) is 1.83. The molecule has 1 fully saturated rings. The fourth-order valence-corrected chi connectivity index (χ4v) is 3.72. The van der Waals surface area contributed by atoms with Crippen LogP contribution in [-0.4, -0.2) is 44.7 Å². The van der Waals surface area contributed by atoms with Crippen molar-refractivity contribution in [2.75, 3.05) is 6.54 Å². The predicted octanol–water partition coefficient (Wildman–Crippen LogP) is 2.81. The summed E-state index contributed by atoms with van der Waals surface area (Å²) in [5, 5.41) is 11.2. The Morgan fingerprint density at radius 3 is 2.70 bits per heavy atom. The Labute approximate surface area is 167 Å². The lowest BCUT2D eigenvalue weighted by Gasteiger charge is -2.22. The molecule has 1 saturated heterocycles. The van der Waals surface area contributed by atoms with Crippen LogP contribution in [-0.2, 0) is 14.4 Å². The van der Waals surface area contributed by atoms with Gasteiger partial charge in [-0.05, 0) is 25.0 Å². The summed E-state index contributed by atoms with van der Waals surface area (Å²) < 4.78 is 0.326. The van der Waals surface area contributed by atoms with Gasteiger partial charge in [-0.1, -0.05) is 66.5 Å². The zero-order valence-electron chi connectivity index (χ0n) is 14.8. The third kappa shape index (κ3) is 6.04. The Bertz CT molecular complexity index is 790. The largest absolute Gasteiger partial charge is 0.481 e. The van der Waals surface area contributed by atoms with E-state index in [1.54, 1.807) is 19.1 Å². The van der Waals surface area contributed by atoms with Crippen molar-refractivity contribution in [1.29, 1.82) is 0 Å². The van der Waals surface area contributed by atoms with Crippen LogP contribution in [0.4, 0.5) is 0 Å². The number of carboxylic acid groups (broad SMARTS) is 1. The zero-order valence-corrected chi connectivity index (χ0v) is 16.4. The molecule has 0 saturated carbocycles. The molecule has 27 heavy (non-hydrogen) atoms. The van der Waals surface area contributed by atoms with Gasteiger partial charge in [-0.2, -0.15) is 0 Å². The van der Waals surface area contributed by atoms with Gasteiger partial charge >= 0.3 is 5.97 Å². The summed E-state index contributed by atoms with van der Waals surface area (Å²) in [5.41, 5.74) is 1.01. The number of thiocarbonyl (C=S) groups is 1. The maximum atomic E-state index is 12.6. The van der Waals surface area contributed by atoms with E-state index in [4.69, 9.17) is 17.3 Å². The van der Waals surface area contributed by atoms with E-state index >= 15 is 0 Å². The van der Waals surface area contributed by atoms with E-state index in [0.29, 0.717) is 15.6 Å². The van der Waals surface area contributed by atoms with E-state index in [-0.39, 0.29) is 24.8 Å². The van der Waals surface area contributed by atoms with Crippen molar-refractivity contribution in [1.82, 2.24) is 10.2 Å². The standard InChI is InChI=1S/C19H20N2O4S2/c1-13(17(24)20-12-6-11-16(22)23)21-18(25)15(27-19(21)26)10-5-9-14-7-3-2-4-8-14/h2-5,7-10,13H,6,11-12H2,1H3,(H,20,24)(H,22,23)/b9-5+,15-10-. The second kappa shape index (κ2) is 10.0. The van der Waals surface area contributed by atoms with Crippen molar-refractivity contribution in [3.8, 4) is 0 Å². The van der Waals surface area contributed by atoms with Crippen LogP contribution in [0.3, 0.4) is 0 Å². The Morgan fingerprint density at radius 1 is 1.33 bits per heavy atom. The topological polar surface area (TPSA) is 86.7 Å². The highest BCUT2D eigenvalue weighted by atomic mass is 32.2. The van der Waals surface area contributed by atoms with Crippen molar-refractivity contribution >= 4 is 52.2 Å². The molecule has 1 aliphatic rings. The zero-order chi connectivity index (χ0) is 19.8. The average molecular weight is 405 g/mol. The number of allylic oxidation sites excluding steroid dienone is 2. The van der Waals surface area contributed by atoms with Gasteiger partial charge < -0.3 is 10.4 Å². The highest BCUT2D eigenvalue weighted by molar-refractivity contribution is 8.26. The van der Waals surface area contributed by atoms with Gasteiger partial charge in [0.1, 0.15) is 10.4 Å². The molecule has 0 spiro atoms. The minimum atomic E-state index is -0.914. The summed E-state index contributed by atoms with van der Waals surface area (Å²) in [4.78, 5) is 37.0. The Morgan fingerprint density at radius 2 is 2.04 bits per heavy atom. The maximum Gasteiger partial charge on any atom is 0.303 e. The number of amides is 2. The molecule has 1 atom stereocenters. The highest BCUT2D eigenvalue weighted by Gasteiger charge is 2.37. The van der Waals surface area contributed by atoms with Crippen LogP contribution in [0.25, 0.3) is 6.08 Å². The molecule has 0 radical (unpaired) electrons. The normalized spacial score (nSPS) is 16.9. The first-order chi connectivity index (χ1) is 12.9. The summed E-state index contributed by atoms with van der Waals surface area (Å²) in [7, 11) is 0. The molecule has 2 N–H and O–H groups in total. The van der Waals surface area contributed by atoms with Crippen LogP contribution < -0.4 is 5.32 Å². The third-order valence-corrected chi connectivity index (χ3v) is 5.14. The van der Waals surface area contributed by atoms with E-state index in [9.17, 15) is 14.4 Å². The second-order valence-corrected chi connectivity index (χ2v) is 7.48. The van der Waals surface area contributed by atoms with Crippen LogP contribution >= 0.6 is 24.0 Å². The molecule has 2 rings (SSSR count). The minimum Gasteiger partial charge on any atom is -0.481 e. The molecule has 8 heteroatoms. The molecule has 0 aromatic heterocycles. The number of hydrogen-bond donors (Lipinski definition) is 2. The summed E-state index contributed by atoms with van der Waals surface area (Å²) in [6.07, 6.45) is 5.65. The lowest BCUT2D eigenvalue weighted by molar-refractivity contribution is -0.137. The van der Waals surface area contributed by atoms with Gasteiger partial charge in [0.05, 0.1) is 4.91 Å². The molecule has 0 bridgehead atoms. The van der Waals surface area contributed by atoms with E-state index in [1.165, 1.54) is 4.90 Å². The third-order valence-electron chi connectivity index (χ3n) is 3.79. The Balaban J connectivity index is 1.96. The Kier molecular flexibility index (Phi) is 7.75. The number of carbonyl (C=O) groups is 3. The van der Waals surface area contributed by atoms with Gasteiger partial charge in [-0.25, -0.2) is 0 Å². The number of nitrogens with zero attached hydrogens (tertiary/aromatic N) is 1. The quantitative estimate of drug-likeness (QED) is 0.394.